The summed E-state index contributed by atoms with van der Waals surface area (Å²) in [5.74, 6) is 1.59. The number of carbonyl (C=O) groups is 1. The predicted octanol–water partition coefficient (Wildman–Crippen LogP) is 3.19. The third-order valence-corrected chi connectivity index (χ3v) is 3.74. The largest absolute Gasteiger partial charge is 0.496 e. The minimum absolute atomic E-state index is 0.235. The van der Waals surface area contributed by atoms with E-state index in [1.807, 2.05) is 49.4 Å². The van der Waals surface area contributed by atoms with E-state index in [2.05, 4.69) is 5.32 Å². The second-order valence-corrected chi connectivity index (χ2v) is 5.45. The first-order valence-corrected chi connectivity index (χ1v) is 7.47. The fourth-order valence-electron chi connectivity index (χ4n) is 2.56. The molecule has 23 heavy (non-hydrogen) atoms. The summed E-state index contributed by atoms with van der Waals surface area (Å²) in [6.45, 7) is 2.19. The lowest BCUT2D eigenvalue weighted by Crippen LogP contribution is -2.38. The highest BCUT2D eigenvalue weighted by atomic mass is 16.6. The van der Waals surface area contributed by atoms with E-state index in [1.165, 1.54) is 0 Å². The zero-order valence-corrected chi connectivity index (χ0v) is 13.2. The van der Waals surface area contributed by atoms with E-state index in [1.54, 1.807) is 7.11 Å². The Balaban J connectivity index is 1.54. The maximum atomic E-state index is 11.9. The molecular formula is C18H19NO4. The lowest BCUT2D eigenvalue weighted by molar-refractivity contribution is 0.113. The number of nitrogens with one attached hydrogen (secondary N) is 1. The summed E-state index contributed by atoms with van der Waals surface area (Å²) in [6.07, 6.45) is -0.318. The molecule has 1 heterocycles. The van der Waals surface area contributed by atoms with Gasteiger partial charge in [-0.25, -0.2) is 4.79 Å². The van der Waals surface area contributed by atoms with E-state index in [9.17, 15) is 4.79 Å². The lowest BCUT2D eigenvalue weighted by atomic mass is 10.1. The van der Waals surface area contributed by atoms with Crippen LogP contribution in [0.3, 0.4) is 0 Å². The highest BCUT2D eigenvalue weighted by Crippen LogP contribution is 2.34. The van der Waals surface area contributed by atoms with Crippen LogP contribution in [0.5, 0.6) is 11.5 Å². The zero-order chi connectivity index (χ0) is 16.2. The fourth-order valence-corrected chi connectivity index (χ4v) is 2.56. The van der Waals surface area contributed by atoms with Gasteiger partial charge in [-0.2, -0.15) is 0 Å². The molecule has 1 aliphatic rings. The first-order valence-electron chi connectivity index (χ1n) is 7.47. The van der Waals surface area contributed by atoms with Gasteiger partial charge in [0.25, 0.3) is 0 Å². The highest BCUT2D eigenvalue weighted by molar-refractivity contribution is 5.67. The molecule has 1 atom stereocenters. The summed E-state index contributed by atoms with van der Waals surface area (Å²) in [7, 11) is 1.64. The van der Waals surface area contributed by atoms with E-state index >= 15 is 0 Å². The minimum atomic E-state index is -0.490. The SMILES string of the molecule is COc1cc2c(cc1C)OC(NC(=O)OCc1ccccc1)C2. The van der Waals surface area contributed by atoms with Crippen molar-refractivity contribution in [3.05, 3.63) is 59.2 Å². The third-order valence-electron chi connectivity index (χ3n) is 3.74. The molecule has 0 spiro atoms. The lowest BCUT2D eigenvalue weighted by Gasteiger charge is -2.13. The third kappa shape index (κ3) is 3.56. The van der Waals surface area contributed by atoms with Gasteiger partial charge < -0.3 is 14.2 Å². The molecule has 1 aliphatic heterocycles. The number of ether oxygens (including phenoxy) is 3. The smallest absolute Gasteiger partial charge is 0.410 e. The van der Waals surface area contributed by atoms with Gasteiger partial charge in [-0.1, -0.05) is 30.3 Å². The predicted molar refractivity (Wildman–Crippen MR) is 85.6 cm³/mol. The number of hydrogen-bond acceptors (Lipinski definition) is 4. The van der Waals surface area contributed by atoms with Crippen LogP contribution in [0.25, 0.3) is 0 Å². The van der Waals surface area contributed by atoms with Crippen LogP contribution >= 0.6 is 0 Å². The number of hydrogen-bond donors (Lipinski definition) is 1. The van der Waals surface area contributed by atoms with Crippen molar-refractivity contribution >= 4 is 6.09 Å². The van der Waals surface area contributed by atoms with Crippen LogP contribution in [-0.4, -0.2) is 19.4 Å². The van der Waals surface area contributed by atoms with Gasteiger partial charge in [0.15, 0.2) is 6.23 Å². The second kappa shape index (κ2) is 6.60. The number of amides is 1. The van der Waals surface area contributed by atoms with Crippen LogP contribution in [0.2, 0.25) is 0 Å². The van der Waals surface area contributed by atoms with Crippen LogP contribution in [0.15, 0.2) is 42.5 Å². The Morgan fingerprint density at radius 3 is 2.83 bits per heavy atom. The summed E-state index contributed by atoms with van der Waals surface area (Å²) in [6, 6.07) is 13.4. The Labute approximate surface area is 135 Å². The van der Waals surface area contributed by atoms with Gasteiger partial charge in [-0.15, -0.1) is 0 Å². The number of fused-ring (bicyclic) bond motifs is 1. The monoisotopic (exact) mass is 313 g/mol. The molecule has 0 saturated heterocycles. The zero-order valence-electron chi connectivity index (χ0n) is 13.2. The van der Waals surface area contributed by atoms with Gasteiger partial charge in [0, 0.05) is 12.0 Å². The Kier molecular flexibility index (Phi) is 4.37. The van der Waals surface area contributed by atoms with Gasteiger partial charge in [0.1, 0.15) is 18.1 Å². The number of carbonyl (C=O) groups excluding carboxylic acids is 1. The van der Waals surface area contributed by atoms with Crippen molar-refractivity contribution in [1.82, 2.24) is 5.32 Å². The normalized spacial score (nSPS) is 15.5. The second-order valence-electron chi connectivity index (χ2n) is 5.45. The molecule has 5 heteroatoms. The Bertz CT molecular complexity index is 700. The van der Waals surface area contributed by atoms with Gasteiger partial charge in [0.05, 0.1) is 7.11 Å². The van der Waals surface area contributed by atoms with Crippen molar-refractivity contribution in [1.29, 1.82) is 0 Å². The standard InChI is InChI=1S/C18H19NO4/c1-12-8-16-14(9-15(12)21-2)10-17(23-16)19-18(20)22-11-13-6-4-3-5-7-13/h3-9,17H,10-11H2,1-2H3,(H,19,20). The molecule has 1 N–H and O–H groups in total. The molecule has 0 aliphatic carbocycles. The fraction of sp³-hybridized carbons (Fsp3) is 0.278. The van der Waals surface area contributed by atoms with E-state index in [0.29, 0.717) is 6.42 Å². The summed E-state index contributed by atoms with van der Waals surface area (Å²) in [4.78, 5) is 11.9. The molecule has 0 radical (unpaired) electrons. The molecule has 1 unspecified atom stereocenters. The van der Waals surface area contributed by atoms with Crippen LogP contribution in [-0.2, 0) is 17.8 Å². The number of alkyl carbamates (subject to hydrolysis) is 1. The average Bonchev–Trinajstić information content (AvgIpc) is 2.94. The van der Waals surface area contributed by atoms with Crippen molar-refractivity contribution in [2.75, 3.05) is 7.11 Å². The van der Waals surface area contributed by atoms with E-state index in [0.717, 1.165) is 28.2 Å². The average molecular weight is 313 g/mol. The first-order chi connectivity index (χ1) is 11.2. The molecule has 0 bridgehead atoms. The Morgan fingerprint density at radius 2 is 2.09 bits per heavy atom. The number of benzene rings is 2. The van der Waals surface area contributed by atoms with Crippen LogP contribution < -0.4 is 14.8 Å². The van der Waals surface area contributed by atoms with Crippen molar-refractivity contribution < 1.29 is 19.0 Å². The highest BCUT2D eigenvalue weighted by Gasteiger charge is 2.26. The number of rotatable bonds is 4. The maximum Gasteiger partial charge on any atom is 0.410 e. The summed E-state index contributed by atoms with van der Waals surface area (Å²) in [5.41, 5.74) is 2.96. The van der Waals surface area contributed by atoms with Crippen molar-refractivity contribution in [3.8, 4) is 11.5 Å². The summed E-state index contributed by atoms with van der Waals surface area (Å²) < 4.78 is 16.3. The molecular weight excluding hydrogens is 294 g/mol. The molecule has 1 amide bonds. The Morgan fingerprint density at radius 1 is 1.30 bits per heavy atom. The van der Waals surface area contributed by atoms with E-state index < -0.39 is 12.3 Å². The Hall–Kier alpha value is -2.69. The van der Waals surface area contributed by atoms with Gasteiger partial charge in [0.2, 0.25) is 0 Å². The topological polar surface area (TPSA) is 56.8 Å². The quantitative estimate of drug-likeness (QED) is 0.942. The van der Waals surface area contributed by atoms with Gasteiger partial charge in [-0.3, -0.25) is 5.32 Å². The number of methoxy groups -OCH3 is 1. The van der Waals surface area contributed by atoms with Gasteiger partial charge in [-0.05, 0) is 30.2 Å². The molecule has 2 aromatic rings. The van der Waals surface area contributed by atoms with Crippen molar-refractivity contribution in [2.45, 2.75) is 26.2 Å². The van der Waals surface area contributed by atoms with E-state index in [-0.39, 0.29) is 6.61 Å². The molecule has 120 valence electrons. The van der Waals surface area contributed by atoms with Crippen molar-refractivity contribution in [2.24, 2.45) is 0 Å². The van der Waals surface area contributed by atoms with Crippen LogP contribution in [0, 0.1) is 6.92 Å². The molecule has 0 saturated carbocycles. The summed E-state index contributed by atoms with van der Waals surface area (Å²) >= 11 is 0. The van der Waals surface area contributed by atoms with Crippen LogP contribution in [0.1, 0.15) is 16.7 Å². The molecule has 2 aromatic carbocycles. The van der Waals surface area contributed by atoms with Crippen molar-refractivity contribution in [3.63, 3.8) is 0 Å². The number of aryl methyl sites for hydroxylation is 1. The van der Waals surface area contributed by atoms with Gasteiger partial charge >= 0.3 is 6.09 Å². The van der Waals surface area contributed by atoms with E-state index in [4.69, 9.17) is 14.2 Å². The molecule has 3 rings (SSSR count). The summed E-state index contributed by atoms with van der Waals surface area (Å²) in [5, 5.41) is 2.73. The van der Waals surface area contributed by atoms with Crippen LogP contribution in [0.4, 0.5) is 4.79 Å². The first kappa shape index (κ1) is 15.2. The molecule has 5 nitrogen and oxygen atoms in total. The molecule has 0 aromatic heterocycles. The molecule has 0 fully saturated rings. The maximum absolute atomic E-state index is 11.9. The minimum Gasteiger partial charge on any atom is -0.496 e.